The zero-order valence-corrected chi connectivity index (χ0v) is 18.6. The predicted octanol–water partition coefficient (Wildman–Crippen LogP) is 4.58. The van der Waals surface area contributed by atoms with Crippen molar-refractivity contribution in [2.75, 3.05) is 0 Å². The van der Waals surface area contributed by atoms with Crippen molar-refractivity contribution in [2.45, 2.75) is 25.7 Å². The van der Waals surface area contributed by atoms with Gasteiger partial charge in [0.2, 0.25) is 9.92 Å². The molecule has 0 aliphatic rings. The van der Waals surface area contributed by atoms with Crippen LogP contribution < -0.4 is 0 Å². The lowest BCUT2D eigenvalue weighted by molar-refractivity contribution is 0.661. The van der Waals surface area contributed by atoms with Crippen LogP contribution in [-0.2, 0) is 12.8 Å². The predicted molar refractivity (Wildman–Crippen MR) is 125 cm³/mol. The second-order valence-electron chi connectivity index (χ2n) is 7.37. The van der Waals surface area contributed by atoms with Gasteiger partial charge in [-0.3, -0.25) is 0 Å². The van der Waals surface area contributed by atoms with E-state index >= 15 is 0 Å². The van der Waals surface area contributed by atoms with E-state index in [0.717, 1.165) is 68.4 Å². The monoisotopic (exact) mass is 458 g/mol. The molecule has 0 unspecified atom stereocenters. The minimum Gasteiger partial charge on any atom is -0.187 e. The van der Waals surface area contributed by atoms with Gasteiger partial charge in [0.25, 0.3) is 0 Å². The van der Waals surface area contributed by atoms with Gasteiger partial charge in [0.1, 0.15) is 10.0 Å². The summed E-state index contributed by atoms with van der Waals surface area (Å²) in [6.07, 6.45) is 3.55. The summed E-state index contributed by atoms with van der Waals surface area (Å²) in [5.41, 5.74) is 2.20. The first-order valence-corrected chi connectivity index (χ1v) is 12.0. The number of aryl methyl sites for hydroxylation is 2. The van der Waals surface area contributed by atoms with Crippen LogP contribution in [0.4, 0.5) is 0 Å². The van der Waals surface area contributed by atoms with Crippen molar-refractivity contribution in [1.82, 2.24) is 39.6 Å². The Bertz CT molecular complexity index is 1370. The van der Waals surface area contributed by atoms with Gasteiger partial charge in [-0.15, -0.1) is 20.4 Å². The van der Waals surface area contributed by atoms with Gasteiger partial charge in [-0.25, -0.2) is 0 Å². The molecule has 2 aromatic carbocycles. The van der Waals surface area contributed by atoms with Crippen LogP contribution in [0.2, 0.25) is 0 Å². The Morgan fingerprint density at radius 3 is 1.44 bits per heavy atom. The largest absolute Gasteiger partial charge is 0.234 e. The summed E-state index contributed by atoms with van der Waals surface area (Å²) in [4.78, 5) is 1.66. The first kappa shape index (κ1) is 19.2. The van der Waals surface area contributed by atoms with Crippen LogP contribution in [0.5, 0.6) is 0 Å². The lowest BCUT2D eigenvalue weighted by Crippen LogP contribution is -2.00. The summed E-state index contributed by atoms with van der Waals surface area (Å²) >= 11 is 3.12. The number of aromatic nitrogens is 8. The van der Waals surface area contributed by atoms with Crippen LogP contribution in [0.25, 0.3) is 31.1 Å². The van der Waals surface area contributed by atoms with E-state index in [-0.39, 0.29) is 0 Å². The molecule has 0 N–H and O–H groups in total. The summed E-state index contributed by atoms with van der Waals surface area (Å²) in [5.74, 6) is 1.79. The quantitative estimate of drug-likeness (QED) is 0.325. The zero-order chi connectivity index (χ0) is 21.3. The van der Waals surface area contributed by atoms with Crippen molar-refractivity contribution < 1.29 is 0 Å². The molecule has 4 aromatic heterocycles. The molecule has 0 saturated carbocycles. The van der Waals surface area contributed by atoms with Crippen molar-refractivity contribution in [3.05, 3.63) is 72.3 Å². The molecule has 0 atom stereocenters. The van der Waals surface area contributed by atoms with Gasteiger partial charge in [0.05, 0.1) is 0 Å². The Hall–Kier alpha value is -3.50. The van der Waals surface area contributed by atoms with E-state index in [4.69, 9.17) is 10.2 Å². The molecular weight excluding hydrogens is 440 g/mol. The lowest BCUT2D eigenvalue weighted by atomic mass is 10.2. The third-order valence-corrected chi connectivity index (χ3v) is 7.10. The van der Waals surface area contributed by atoms with Crippen molar-refractivity contribution in [2.24, 2.45) is 0 Å². The van der Waals surface area contributed by atoms with Gasteiger partial charge >= 0.3 is 0 Å². The molecule has 32 heavy (non-hydrogen) atoms. The molecule has 0 fully saturated rings. The molecular formula is C22H18N8S2. The topological polar surface area (TPSA) is 86.2 Å². The number of hydrogen-bond donors (Lipinski definition) is 0. The van der Waals surface area contributed by atoms with Gasteiger partial charge in [-0.1, -0.05) is 83.3 Å². The number of benzene rings is 2. The molecule has 0 aliphatic carbocycles. The molecule has 0 saturated heterocycles. The molecule has 10 heteroatoms. The average Bonchev–Trinajstić information content (AvgIpc) is 3.60. The van der Waals surface area contributed by atoms with Crippen LogP contribution >= 0.6 is 22.7 Å². The maximum Gasteiger partial charge on any atom is 0.234 e. The fourth-order valence-corrected chi connectivity index (χ4v) is 5.32. The van der Waals surface area contributed by atoms with Crippen LogP contribution in [0.15, 0.2) is 60.7 Å². The summed E-state index contributed by atoms with van der Waals surface area (Å²) in [7, 11) is 0. The molecule has 6 rings (SSSR count). The normalized spacial score (nSPS) is 11.6. The summed E-state index contributed by atoms with van der Waals surface area (Å²) in [6, 6.07) is 20.3. The smallest absolute Gasteiger partial charge is 0.187 e. The zero-order valence-electron chi connectivity index (χ0n) is 17.0. The Balaban J connectivity index is 1.12. The molecule has 0 aliphatic heterocycles. The van der Waals surface area contributed by atoms with Gasteiger partial charge in [0.15, 0.2) is 11.6 Å². The van der Waals surface area contributed by atoms with Crippen LogP contribution in [0.1, 0.15) is 24.5 Å². The van der Waals surface area contributed by atoms with E-state index in [0.29, 0.717) is 0 Å². The van der Waals surface area contributed by atoms with Crippen molar-refractivity contribution >= 4 is 32.6 Å². The standard InChI is InChI=1S/C22H18N8S2/c1-3-9-15(10-4-1)19-27-29-17(23-25-21(29)31-19)13-7-8-14-18-24-26-22-30(18)28-20(32-22)16-11-5-2-6-12-16/h1-6,9-12H,7-8,13-14H2. The fraction of sp³-hybridized carbons (Fsp3) is 0.182. The van der Waals surface area contributed by atoms with E-state index in [2.05, 4.69) is 44.7 Å². The number of hydrogen-bond acceptors (Lipinski definition) is 8. The van der Waals surface area contributed by atoms with Crippen molar-refractivity contribution in [1.29, 1.82) is 0 Å². The minimum atomic E-state index is 0.813. The minimum absolute atomic E-state index is 0.813. The van der Waals surface area contributed by atoms with Gasteiger partial charge in [0, 0.05) is 24.0 Å². The summed E-state index contributed by atoms with van der Waals surface area (Å²) in [6.45, 7) is 0. The number of nitrogens with zero attached hydrogens (tertiary/aromatic N) is 8. The highest BCUT2D eigenvalue weighted by atomic mass is 32.1. The number of fused-ring (bicyclic) bond motifs is 2. The van der Waals surface area contributed by atoms with Crippen LogP contribution in [-0.4, -0.2) is 39.6 Å². The molecule has 8 nitrogen and oxygen atoms in total. The third kappa shape index (κ3) is 3.57. The Kier molecular flexibility index (Phi) is 4.93. The average molecular weight is 459 g/mol. The highest BCUT2D eigenvalue weighted by Crippen LogP contribution is 2.26. The highest BCUT2D eigenvalue weighted by Gasteiger charge is 2.14. The maximum absolute atomic E-state index is 4.72. The second-order valence-corrected chi connectivity index (χ2v) is 9.29. The molecule has 4 heterocycles. The maximum atomic E-state index is 4.72. The van der Waals surface area contributed by atoms with Crippen molar-refractivity contribution in [3.63, 3.8) is 0 Å². The second kappa shape index (κ2) is 8.21. The van der Waals surface area contributed by atoms with E-state index in [1.807, 2.05) is 45.4 Å². The molecule has 0 amide bonds. The number of unbranched alkanes of at least 4 members (excludes halogenated alkanes) is 1. The molecule has 0 radical (unpaired) electrons. The van der Waals surface area contributed by atoms with Crippen LogP contribution in [0.3, 0.4) is 0 Å². The number of rotatable bonds is 7. The molecule has 6 aromatic rings. The first-order valence-electron chi connectivity index (χ1n) is 10.4. The van der Waals surface area contributed by atoms with Gasteiger partial charge in [-0.2, -0.15) is 19.2 Å². The summed E-state index contributed by atoms with van der Waals surface area (Å²) in [5, 5.41) is 28.6. The van der Waals surface area contributed by atoms with E-state index in [9.17, 15) is 0 Å². The van der Waals surface area contributed by atoms with E-state index < -0.39 is 0 Å². The Morgan fingerprint density at radius 1 is 0.562 bits per heavy atom. The third-order valence-electron chi connectivity index (χ3n) is 5.20. The molecule has 158 valence electrons. The van der Waals surface area contributed by atoms with E-state index in [1.165, 1.54) is 0 Å². The summed E-state index contributed by atoms with van der Waals surface area (Å²) < 4.78 is 3.74. The fourth-order valence-electron chi connectivity index (χ4n) is 3.59. The SMILES string of the molecule is c1ccc(-c2nn3c(CCCCc4nnc5sc(-c6ccccc6)nn45)nnc3s2)cc1. The van der Waals surface area contributed by atoms with Crippen LogP contribution in [0, 0.1) is 0 Å². The van der Waals surface area contributed by atoms with Crippen molar-refractivity contribution in [3.8, 4) is 21.1 Å². The lowest BCUT2D eigenvalue weighted by Gasteiger charge is -1.98. The Morgan fingerprint density at radius 2 is 1.00 bits per heavy atom. The van der Waals surface area contributed by atoms with Gasteiger partial charge in [-0.05, 0) is 12.8 Å². The first-order chi connectivity index (χ1) is 15.8. The molecule has 0 spiro atoms. The highest BCUT2D eigenvalue weighted by molar-refractivity contribution is 7.20. The Labute approximate surface area is 191 Å². The molecule has 0 bridgehead atoms. The van der Waals surface area contributed by atoms with Gasteiger partial charge < -0.3 is 0 Å². The van der Waals surface area contributed by atoms with E-state index in [1.54, 1.807) is 22.7 Å².